The van der Waals surface area contributed by atoms with E-state index >= 15 is 0 Å². The molecular weight excluding hydrogens is 223 g/mol. The summed E-state index contributed by atoms with van der Waals surface area (Å²) in [6.07, 6.45) is 1.51. The van der Waals surface area contributed by atoms with Gasteiger partial charge in [-0.3, -0.25) is 0 Å². The fraction of sp³-hybridized carbons (Fsp3) is 0. The van der Waals surface area contributed by atoms with Crippen LogP contribution in [0.2, 0.25) is 0 Å². The molecular formula is C12H7FN2O2. The van der Waals surface area contributed by atoms with Gasteiger partial charge < -0.3 is 8.94 Å². The van der Waals surface area contributed by atoms with Crippen LogP contribution >= 0.6 is 0 Å². The molecule has 0 aliphatic heterocycles. The summed E-state index contributed by atoms with van der Waals surface area (Å²) >= 11 is 0. The molecule has 4 nitrogen and oxygen atoms in total. The summed E-state index contributed by atoms with van der Waals surface area (Å²) in [4.78, 5) is 4.07. The highest BCUT2D eigenvalue weighted by atomic mass is 19.1. The van der Waals surface area contributed by atoms with E-state index in [9.17, 15) is 4.39 Å². The summed E-state index contributed by atoms with van der Waals surface area (Å²) in [5, 5.41) is 3.73. The summed E-state index contributed by atoms with van der Waals surface area (Å²) in [6, 6.07) is 9.64. The van der Waals surface area contributed by atoms with E-state index in [0.717, 1.165) is 0 Å². The first-order valence-electron chi connectivity index (χ1n) is 4.97. The number of nitrogens with zero attached hydrogens (tertiary/aromatic N) is 2. The smallest absolute Gasteiger partial charge is 0.261 e. The van der Waals surface area contributed by atoms with Crippen molar-refractivity contribution in [2.45, 2.75) is 0 Å². The largest absolute Gasteiger partial charge is 0.461 e. The quantitative estimate of drug-likeness (QED) is 0.678. The second-order valence-electron chi connectivity index (χ2n) is 3.38. The first-order valence-corrected chi connectivity index (χ1v) is 4.97. The van der Waals surface area contributed by atoms with E-state index in [0.29, 0.717) is 11.6 Å². The van der Waals surface area contributed by atoms with Gasteiger partial charge in [-0.05, 0) is 24.3 Å². The lowest BCUT2D eigenvalue weighted by atomic mass is 10.2. The van der Waals surface area contributed by atoms with Gasteiger partial charge in [0.2, 0.25) is 5.82 Å². The lowest BCUT2D eigenvalue weighted by molar-refractivity contribution is 0.427. The molecule has 0 N–H and O–H groups in total. The van der Waals surface area contributed by atoms with E-state index in [1.807, 2.05) is 0 Å². The number of halogens is 1. The number of rotatable bonds is 2. The lowest BCUT2D eigenvalue weighted by Gasteiger charge is -1.94. The van der Waals surface area contributed by atoms with Crippen molar-refractivity contribution in [3.8, 4) is 23.0 Å². The summed E-state index contributed by atoms with van der Waals surface area (Å²) in [6.45, 7) is 0. The van der Waals surface area contributed by atoms with Crippen molar-refractivity contribution in [3.63, 3.8) is 0 Å². The summed E-state index contributed by atoms with van der Waals surface area (Å²) in [5.74, 6) is 0.515. The minimum Gasteiger partial charge on any atom is -0.461 e. The molecule has 0 saturated heterocycles. The van der Waals surface area contributed by atoms with Gasteiger partial charge in [0.1, 0.15) is 5.82 Å². The van der Waals surface area contributed by atoms with Crippen LogP contribution in [0.25, 0.3) is 23.0 Å². The van der Waals surface area contributed by atoms with Crippen molar-refractivity contribution in [1.29, 1.82) is 0 Å². The maximum Gasteiger partial charge on any atom is 0.261 e. The van der Waals surface area contributed by atoms with Gasteiger partial charge >= 0.3 is 0 Å². The maximum atomic E-state index is 13.5. The zero-order chi connectivity index (χ0) is 11.7. The minimum atomic E-state index is -0.401. The average Bonchev–Trinajstić information content (AvgIpc) is 3.00. The minimum absolute atomic E-state index is 0.134. The Hall–Kier alpha value is -2.43. The van der Waals surface area contributed by atoms with Crippen molar-refractivity contribution in [3.05, 3.63) is 48.5 Å². The van der Waals surface area contributed by atoms with Crippen molar-refractivity contribution in [2.75, 3.05) is 0 Å². The van der Waals surface area contributed by atoms with Gasteiger partial charge in [0.05, 0.1) is 11.8 Å². The fourth-order valence-electron chi connectivity index (χ4n) is 1.47. The number of furan rings is 1. The topological polar surface area (TPSA) is 52.1 Å². The van der Waals surface area contributed by atoms with E-state index in [1.165, 1.54) is 12.3 Å². The van der Waals surface area contributed by atoms with Crippen LogP contribution in [0.1, 0.15) is 0 Å². The first-order chi connectivity index (χ1) is 8.34. The molecule has 0 spiro atoms. The molecule has 0 atom stereocenters. The Labute approximate surface area is 95.7 Å². The molecule has 0 unspecified atom stereocenters. The van der Waals surface area contributed by atoms with Crippen LogP contribution in [-0.2, 0) is 0 Å². The zero-order valence-corrected chi connectivity index (χ0v) is 8.63. The van der Waals surface area contributed by atoms with Crippen LogP contribution in [0.15, 0.2) is 51.6 Å². The van der Waals surface area contributed by atoms with E-state index in [2.05, 4.69) is 10.1 Å². The van der Waals surface area contributed by atoms with Crippen LogP contribution in [0.5, 0.6) is 0 Å². The first kappa shape index (κ1) is 9.77. The van der Waals surface area contributed by atoms with Gasteiger partial charge in [0.15, 0.2) is 5.76 Å². The number of benzene rings is 1. The van der Waals surface area contributed by atoms with Gasteiger partial charge in [-0.15, -0.1) is 0 Å². The monoisotopic (exact) mass is 230 g/mol. The Balaban J connectivity index is 2.04. The lowest BCUT2D eigenvalue weighted by Crippen LogP contribution is -1.83. The molecule has 0 bridgehead atoms. The predicted octanol–water partition coefficient (Wildman–Crippen LogP) is 3.14. The second kappa shape index (κ2) is 3.86. The van der Waals surface area contributed by atoms with Crippen molar-refractivity contribution < 1.29 is 13.3 Å². The predicted molar refractivity (Wildman–Crippen MR) is 57.4 cm³/mol. The Morgan fingerprint density at radius 1 is 1.06 bits per heavy atom. The third kappa shape index (κ3) is 1.71. The van der Waals surface area contributed by atoms with E-state index in [4.69, 9.17) is 8.94 Å². The summed E-state index contributed by atoms with van der Waals surface area (Å²) in [5.41, 5.74) is 0.276. The van der Waals surface area contributed by atoms with Crippen LogP contribution in [0, 0.1) is 5.82 Å². The van der Waals surface area contributed by atoms with Crippen molar-refractivity contribution >= 4 is 0 Å². The Morgan fingerprint density at radius 3 is 2.71 bits per heavy atom. The molecule has 0 aliphatic carbocycles. The average molecular weight is 230 g/mol. The highest BCUT2D eigenvalue weighted by Crippen LogP contribution is 2.24. The summed E-state index contributed by atoms with van der Waals surface area (Å²) in [7, 11) is 0. The maximum absolute atomic E-state index is 13.5. The molecule has 2 heterocycles. The molecule has 84 valence electrons. The SMILES string of the molecule is Fc1ccccc1-c1nc(-c2ccco2)no1. The normalized spacial score (nSPS) is 10.6. The zero-order valence-electron chi connectivity index (χ0n) is 8.63. The molecule has 5 heteroatoms. The molecule has 2 aromatic heterocycles. The van der Waals surface area contributed by atoms with Crippen LogP contribution in [-0.4, -0.2) is 10.1 Å². The molecule has 0 fully saturated rings. The fourth-order valence-corrected chi connectivity index (χ4v) is 1.47. The van der Waals surface area contributed by atoms with Crippen LogP contribution in [0.3, 0.4) is 0 Å². The third-order valence-electron chi connectivity index (χ3n) is 2.27. The highest BCUT2D eigenvalue weighted by Gasteiger charge is 2.14. The molecule has 0 saturated carbocycles. The van der Waals surface area contributed by atoms with E-state index in [1.54, 1.807) is 30.3 Å². The van der Waals surface area contributed by atoms with Gasteiger partial charge in [0.25, 0.3) is 5.89 Å². The van der Waals surface area contributed by atoms with Crippen LogP contribution in [0.4, 0.5) is 4.39 Å². The molecule has 17 heavy (non-hydrogen) atoms. The molecule has 0 aliphatic rings. The Morgan fingerprint density at radius 2 is 1.94 bits per heavy atom. The van der Waals surface area contributed by atoms with Gasteiger partial charge in [-0.1, -0.05) is 17.3 Å². The van der Waals surface area contributed by atoms with E-state index in [-0.39, 0.29) is 11.5 Å². The van der Waals surface area contributed by atoms with Crippen LogP contribution < -0.4 is 0 Å². The number of aromatic nitrogens is 2. The second-order valence-corrected chi connectivity index (χ2v) is 3.38. The summed E-state index contributed by atoms with van der Waals surface area (Å²) < 4.78 is 23.6. The number of hydrogen-bond acceptors (Lipinski definition) is 4. The standard InChI is InChI=1S/C12H7FN2O2/c13-9-5-2-1-4-8(9)12-14-11(15-17-12)10-6-3-7-16-10/h1-7H. The van der Waals surface area contributed by atoms with Gasteiger partial charge in [0, 0.05) is 0 Å². The van der Waals surface area contributed by atoms with Gasteiger partial charge in [-0.2, -0.15) is 4.98 Å². The Bertz CT molecular complexity index is 632. The highest BCUT2D eigenvalue weighted by molar-refractivity contribution is 5.57. The van der Waals surface area contributed by atoms with Crippen molar-refractivity contribution in [2.24, 2.45) is 0 Å². The van der Waals surface area contributed by atoms with Crippen molar-refractivity contribution in [1.82, 2.24) is 10.1 Å². The third-order valence-corrected chi connectivity index (χ3v) is 2.27. The molecule has 0 amide bonds. The Kier molecular flexibility index (Phi) is 2.22. The molecule has 0 radical (unpaired) electrons. The van der Waals surface area contributed by atoms with E-state index < -0.39 is 5.82 Å². The molecule has 1 aromatic carbocycles. The molecule has 3 aromatic rings. The number of hydrogen-bond donors (Lipinski definition) is 0. The molecule has 3 rings (SSSR count). The van der Waals surface area contributed by atoms with Gasteiger partial charge in [-0.25, -0.2) is 4.39 Å².